The van der Waals surface area contributed by atoms with Crippen LogP contribution in [0.25, 0.3) is 0 Å². The van der Waals surface area contributed by atoms with E-state index in [0.29, 0.717) is 6.54 Å². The second kappa shape index (κ2) is 7.79. The largest absolute Gasteiger partial charge is 0.451 e. The molecule has 0 spiro atoms. The third kappa shape index (κ3) is 4.55. The van der Waals surface area contributed by atoms with Gasteiger partial charge in [-0.1, -0.05) is 0 Å². The molecule has 0 radical (unpaired) electrons. The minimum atomic E-state index is -4.08. The Hall–Kier alpha value is -2.53. The molecule has 0 saturated carbocycles. The van der Waals surface area contributed by atoms with E-state index in [4.69, 9.17) is 4.74 Å². The Morgan fingerprint density at radius 1 is 1.27 bits per heavy atom. The first-order valence-corrected chi connectivity index (χ1v) is 9.18. The van der Waals surface area contributed by atoms with Crippen molar-refractivity contribution in [3.63, 3.8) is 0 Å². The molecule has 9 nitrogen and oxygen atoms in total. The number of amides is 3. The molecule has 3 amide bonds. The summed E-state index contributed by atoms with van der Waals surface area (Å²) in [5.74, 6) is -2.30. The molecule has 11 heteroatoms. The number of hydrogen-bond acceptors (Lipinski definition) is 6. The number of ether oxygens (including phenoxy) is 1. The summed E-state index contributed by atoms with van der Waals surface area (Å²) in [6, 6.07) is 2.16. The average Bonchev–Trinajstić information content (AvgIpc) is 3.00. The van der Waals surface area contributed by atoms with Crippen LogP contribution < -0.4 is 10.0 Å². The lowest BCUT2D eigenvalue weighted by atomic mass is 10.3. The molecule has 0 unspecified atom stereocenters. The van der Waals surface area contributed by atoms with Gasteiger partial charge in [0.1, 0.15) is 11.9 Å². The number of hydrogen-bond donors (Lipinski definition) is 2. The summed E-state index contributed by atoms with van der Waals surface area (Å²) in [6.07, 6.45) is -1.26. The van der Waals surface area contributed by atoms with Gasteiger partial charge in [0, 0.05) is 13.1 Å². The van der Waals surface area contributed by atoms with Crippen LogP contribution in [0.15, 0.2) is 29.2 Å². The van der Waals surface area contributed by atoms with E-state index in [0.717, 1.165) is 29.2 Å². The number of nitrogens with one attached hydrogen (secondary N) is 2. The van der Waals surface area contributed by atoms with Gasteiger partial charge in [-0.3, -0.25) is 14.5 Å². The van der Waals surface area contributed by atoms with Gasteiger partial charge >= 0.3 is 12.0 Å². The summed E-state index contributed by atoms with van der Waals surface area (Å²) in [6.45, 7) is 2.99. The number of nitrogens with zero attached hydrogens (tertiary/aromatic N) is 1. The second-order valence-electron chi connectivity index (χ2n) is 5.60. The monoisotopic (exact) mass is 387 g/mol. The number of imide groups is 1. The first-order chi connectivity index (χ1) is 12.1. The van der Waals surface area contributed by atoms with Crippen molar-refractivity contribution >= 4 is 27.9 Å². The number of urea groups is 1. The van der Waals surface area contributed by atoms with Crippen LogP contribution in [0.1, 0.15) is 13.8 Å². The van der Waals surface area contributed by atoms with Crippen molar-refractivity contribution in [3.8, 4) is 0 Å². The molecular weight excluding hydrogens is 369 g/mol. The van der Waals surface area contributed by atoms with Crippen LogP contribution in [0.2, 0.25) is 0 Å². The summed E-state index contributed by atoms with van der Waals surface area (Å²) >= 11 is 0. The summed E-state index contributed by atoms with van der Waals surface area (Å²) in [5, 5.41) is 2.44. The maximum absolute atomic E-state index is 12.9. The molecular formula is C15H18FN3O6S. The first kappa shape index (κ1) is 19.8. The Kier molecular flexibility index (Phi) is 5.93. The predicted octanol–water partition coefficient (Wildman–Crippen LogP) is -0.0240. The average molecular weight is 387 g/mol. The van der Waals surface area contributed by atoms with Crippen LogP contribution in [-0.2, 0) is 24.3 Å². The van der Waals surface area contributed by atoms with Crippen molar-refractivity contribution in [2.75, 3.05) is 13.1 Å². The molecule has 0 bridgehead atoms. The third-order valence-corrected chi connectivity index (χ3v) is 5.13. The highest BCUT2D eigenvalue weighted by atomic mass is 32.2. The van der Waals surface area contributed by atoms with Crippen molar-refractivity contribution in [1.29, 1.82) is 0 Å². The zero-order valence-corrected chi connectivity index (χ0v) is 14.9. The van der Waals surface area contributed by atoms with Gasteiger partial charge in [0.15, 0.2) is 6.10 Å². The third-order valence-electron chi connectivity index (χ3n) is 3.57. The number of halogens is 1. The molecule has 2 rings (SSSR count). The number of carbonyl (C=O) groups is 3. The molecule has 1 saturated heterocycles. The van der Waals surface area contributed by atoms with Gasteiger partial charge < -0.3 is 10.1 Å². The van der Waals surface area contributed by atoms with Gasteiger partial charge in [-0.05, 0) is 38.1 Å². The van der Waals surface area contributed by atoms with Crippen LogP contribution in [0, 0.1) is 5.82 Å². The molecule has 1 fully saturated rings. The molecule has 2 N–H and O–H groups in total. The predicted molar refractivity (Wildman–Crippen MR) is 86.8 cm³/mol. The van der Waals surface area contributed by atoms with Crippen molar-refractivity contribution in [2.45, 2.75) is 30.9 Å². The smallest absolute Gasteiger partial charge is 0.324 e. The lowest BCUT2D eigenvalue weighted by molar-refractivity contribution is -0.158. The molecule has 1 heterocycles. The Morgan fingerprint density at radius 2 is 1.88 bits per heavy atom. The second-order valence-corrected chi connectivity index (χ2v) is 7.31. The van der Waals surface area contributed by atoms with Crippen LogP contribution in [-0.4, -0.2) is 56.5 Å². The van der Waals surface area contributed by atoms with Crippen molar-refractivity contribution in [3.05, 3.63) is 30.1 Å². The lowest BCUT2D eigenvalue weighted by Gasteiger charge is -2.20. The molecule has 142 valence electrons. The van der Waals surface area contributed by atoms with E-state index < -0.39 is 45.9 Å². The van der Waals surface area contributed by atoms with Crippen LogP contribution >= 0.6 is 0 Å². The Bertz CT molecular complexity index is 811. The van der Waals surface area contributed by atoms with Crippen molar-refractivity contribution in [1.82, 2.24) is 14.9 Å². The topological polar surface area (TPSA) is 122 Å². The Labute approximate surface area is 149 Å². The minimum Gasteiger partial charge on any atom is -0.451 e. The zero-order chi connectivity index (χ0) is 19.5. The van der Waals surface area contributed by atoms with E-state index in [1.165, 1.54) is 13.8 Å². The highest BCUT2D eigenvalue weighted by Crippen LogP contribution is 2.11. The molecule has 0 aliphatic carbocycles. The maximum atomic E-state index is 12.9. The maximum Gasteiger partial charge on any atom is 0.324 e. The molecule has 0 aromatic heterocycles. The van der Waals surface area contributed by atoms with E-state index in [-0.39, 0.29) is 11.4 Å². The fraction of sp³-hybridized carbons (Fsp3) is 0.400. The molecule has 1 aromatic carbocycles. The number of benzene rings is 1. The van der Waals surface area contributed by atoms with E-state index in [1.54, 1.807) is 0 Å². The number of sulfonamides is 1. The molecule has 1 aliphatic heterocycles. The van der Waals surface area contributed by atoms with E-state index in [2.05, 4.69) is 10.0 Å². The van der Waals surface area contributed by atoms with Gasteiger partial charge in [-0.15, -0.1) is 0 Å². The number of esters is 1. The Balaban J connectivity index is 1.97. The zero-order valence-electron chi connectivity index (χ0n) is 14.1. The normalized spacial score (nSPS) is 16.7. The fourth-order valence-corrected chi connectivity index (χ4v) is 3.38. The van der Waals surface area contributed by atoms with Crippen LogP contribution in [0.5, 0.6) is 0 Å². The SMILES string of the molecule is C[C@H](NS(=O)(=O)c1ccc(F)cc1)C(=O)O[C@@H](C)C(=O)N1CCNC1=O. The molecule has 2 atom stereocenters. The van der Waals surface area contributed by atoms with E-state index >= 15 is 0 Å². The van der Waals surface area contributed by atoms with E-state index in [9.17, 15) is 27.2 Å². The first-order valence-electron chi connectivity index (χ1n) is 7.69. The lowest BCUT2D eigenvalue weighted by Crippen LogP contribution is -2.45. The summed E-state index contributed by atoms with van der Waals surface area (Å²) in [7, 11) is -4.08. The van der Waals surface area contributed by atoms with Crippen LogP contribution in [0.4, 0.5) is 9.18 Å². The number of carbonyl (C=O) groups excluding carboxylic acids is 3. The molecule has 1 aromatic rings. The molecule has 1 aliphatic rings. The van der Waals surface area contributed by atoms with Crippen molar-refractivity contribution in [2.24, 2.45) is 0 Å². The highest BCUT2D eigenvalue weighted by molar-refractivity contribution is 7.89. The van der Waals surface area contributed by atoms with E-state index in [1.807, 2.05) is 0 Å². The quantitative estimate of drug-likeness (QED) is 0.662. The standard InChI is InChI=1S/C15H18FN3O6S/c1-9(18-26(23,24)12-5-3-11(16)4-6-12)14(21)25-10(2)13(20)19-8-7-17-15(19)22/h3-6,9-10,18H,7-8H2,1-2H3,(H,17,22)/t9-,10-/m0/s1. The van der Waals surface area contributed by atoms with Gasteiger partial charge in [0.25, 0.3) is 5.91 Å². The van der Waals surface area contributed by atoms with Crippen LogP contribution in [0.3, 0.4) is 0 Å². The summed E-state index contributed by atoms with van der Waals surface area (Å²) in [5.41, 5.74) is 0. The van der Waals surface area contributed by atoms with Gasteiger partial charge in [-0.25, -0.2) is 17.6 Å². The minimum absolute atomic E-state index is 0.159. The van der Waals surface area contributed by atoms with Gasteiger partial charge in [-0.2, -0.15) is 4.72 Å². The summed E-state index contributed by atoms with van der Waals surface area (Å²) in [4.78, 5) is 36.2. The number of rotatable bonds is 6. The highest BCUT2D eigenvalue weighted by Gasteiger charge is 2.33. The van der Waals surface area contributed by atoms with Gasteiger partial charge in [0.05, 0.1) is 4.90 Å². The Morgan fingerprint density at radius 3 is 2.42 bits per heavy atom. The molecule has 26 heavy (non-hydrogen) atoms. The van der Waals surface area contributed by atoms with Gasteiger partial charge in [0.2, 0.25) is 10.0 Å². The fourth-order valence-electron chi connectivity index (χ4n) is 2.19. The summed E-state index contributed by atoms with van der Waals surface area (Å²) < 4.78 is 44.2. The van der Waals surface area contributed by atoms with Crippen molar-refractivity contribution < 1.29 is 31.9 Å².